The van der Waals surface area contributed by atoms with Crippen LogP contribution in [0.5, 0.6) is 0 Å². The molecular weight excluding hydrogens is 362 g/mol. The number of piperidine rings is 1. The van der Waals surface area contributed by atoms with E-state index >= 15 is 0 Å². The summed E-state index contributed by atoms with van der Waals surface area (Å²) >= 11 is 0. The molecule has 7 heteroatoms. The van der Waals surface area contributed by atoms with Crippen LogP contribution in [0.4, 0.5) is 0 Å². The third-order valence-corrected chi connectivity index (χ3v) is 7.81. The molecular formula is C20H27N3O3S. The van der Waals surface area contributed by atoms with E-state index < -0.39 is 10.0 Å². The minimum Gasteiger partial charge on any atom is -0.361 e. The van der Waals surface area contributed by atoms with Crippen molar-refractivity contribution in [3.8, 4) is 0 Å². The van der Waals surface area contributed by atoms with E-state index in [0.29, 0.717) is 17.4 Å². The topological polar surface area (TPSA) is 66.7 Å². The summed E-state index contributed by atoms with van der Waals surface area (Å²) in [7, 11) is -3.46. The molecule has 2 aromatic rings. The molecule has 3 saturated heterocycles. The van der Waals surface area contributed by atoms with Gasteiger partial charge in [0.25, 0.3) is 0 Å². The number of nitrogens with zero attached hydrogens (tertiary/aromatic N) is 3. The first-order valence-corrected chi connectivity index (χ1v) is 11.0. The van der Waals surface area contributed by atoms with E-state index in [9.17, 15) is 8.42 Å². The Bertz CT molecular complexity index is 918. The van der Waals surface area contributed by atoms with E-state index in [1.54, 1.807) is 16.4 Å². The molecule has 5 rings (SSSR count). The van der Waals surface area contributed by atoms with Gasteiger partial charge in [0.1, 0.15) is 5.76 Å². The molecule has 0 aliphatic carbocycles. The lowest BCUT2D eigenvalue weighted by molar-refractivity contribution is 0.225. The van der Waals surface area contributed by atoms with Crippen molar-refractivity contribution < 1.29 is 12.9 Å². The van der Waals surface area contributed by atoms with Gasteiger partial charge in [-0.1, -0.05) is 17.3 Å². The molecule has 1 aromatic heterocycles. The summed E-state index contributed by atoms with van der Waals surface area (Å²) in [5.41, 5.74) is 3.02. The number of aromatic nitrogens is 1. The van der Waals surface area contributed by atoms with E-state index in [2.05, 4.69) is 10.1 Å². The molecule has 3 fully saturated rings. The van der Waals surface area contributed by atoms with Gasteiger partial charge in [-0.05, 0) is 57.2 Å². The molecule has 0 saturated carbocycles. The number of aryl methyl sites for hydroxylation is 3. The lowest BCUT2D eigenvalue weighted by atomic mass is 9.97. The number of rotatable bonds is 4. The molecule has 1 aromatic carbocycles. The number of benzene rings is 1. The SMILES string of the molecule is Cc1cccc(S(=O)(=O)N2C[C@H]3CC[C@@H]2CN(Cc2c(C)noc2C)C3)c1. The van der Waals surface area contributed by atoms with Crippen molar-refractivity contribution >= 4 is 10.0 Å². The Kier molecular flexibility index (Phi) is 4.86. The Morgan fingerprint density at radius 1 is 1.15 bits per heavy atom. The van der Waals surface area contributed by atoms with Crippen LogP contribution >= 0.6 is 0 Å². The molecule has 0 N–H and O–H groups in total. The zero-order valence-corrected chi connectivity index (χ0v) is 17.0. The number of hydrogen-bond acceptors (Lipinski definition) is 5. The van der Waals surface area contributed by atoms with Crippen LogP contribution in [0.3, 0.4) is 0 Å². The molecule has 0 spiro atoms. The van der Waals surface area contributed by atoms with Crippen LogP contribution in [-0.4, -0.2) is 48.5 Å². The van der Waals surface area contributed by atoms with Gasteiger partial charge in [0, 0.05) is 37.8 Å². The minimum absolute atomic E-state index is 0.0229. The van der Waals surface area contributed by atoms with Gasteiger partial charge >= 0.3 is 0 Å². The predicted octanol–water partition coefficient (Wildman–Crippen LogP) is 2.88. The van der Waals surface area contributed by atoms with Gasteiger partial charge < -0.3 is 4.52 Å². The van der Waals surface area contributed by atoms with Gasteiger partial charge in [-0.15, -0.1) is 0 Å². The van der Waals surface area contributed by atoms with Crippen molar-refractivity contribution in [2.45, 2.75) is 51.1 Å². The van der Waals surface area contributed by atoms with Crippen LogP contribution in [0.15, 0.2) is 33.7 Å². The van der Waals surface area contributed by atoms with Crippen molar-refractivity contribution in [3.63, 3.8) is 0 Å². The third-order valence-electron chi connectivity index (χ3n) is 5.90. The average molecular weight is 390 g/mol. The fraction of sp³-hybridized carbons (Fsp3) is 0.550. The number of hydrogen-bond donors (Lipinski definition) is 0. The smallest absolute Gasteiger partial charge is 0.243 e. The fourth-order valence-corrected chi connectivity index (χ4v) is 6.25. The molecule has 2 bridgehead atoms. The Morgan fingerprint density at radius 2 is 1.96 bits per heavy atom. The van der Waals surface area contributed by atoms with Crippen molar-refractivity contribution in [2.75, 3.05) is 19.6 Å². The van der Waals surface area contributed by atoms with Gasteiger partial charge in [0.05, 0.1) is 10.6 Å². The van der Waals surface area contributed by atoms with E-state index in [1.807, 2.05) is 32.9 Å². The van der Waals surface area contributed by atoms with Crippen LogP contribution in [0.2, 0.25) is 0 Å². The van der Waals surface area contributed by atoms with Crippen LogP contribution in [0, 0.1) is 26.7 Å². The van der Waals surface area contributed by atoms with E-state index in [-0.39, 0.29) is 6.04 Å². The van der Waals surface area contributed by atoms with Crippen molar-refractivity contribution in [1.29, 1.82) is 0 Å². The second-order valence-electron chi connectivity index (χ2n) is 7.99. The highest BCUT2D eigenvalue weighted by molar-refractivity contribution is 7.89. The summed E-state index contributed by atoms with van der Waals surface area (Å²) in [6.07, 6.45) is 2.01. The molecule has 3 aliphatic heterocycles. The van der Waals surface area contributed by atoms with Crippen LogP contribution in [0.1, 0.15) is 35.4 Å². The highest BCUT2D eigenvalue weighted by Crippen LogP contribution is 2.33. The van der Waals surface area contributed by atoms with Gasteiger partial charge in [0.2, 0.25) is 10.0 Å². The number of fused-ring (bicyclic) bond motifs is 4. The summed E-state index contributed by atoms with van der Waals surface area (Å²) in [5.74, 6) is 1.22. The molecule has 3 aliphatic rings. The van der Waals surface area contributed by atoms with Crippen molar-refractivity contribution in [2.24, 2.45) is 5.92 Å². The Balaban J connectivity index is 1.58. The zero-order chi connectivity index (χ0) is 19.2. The molecule has 0 amide bonds. The second-order valence-corrected chi connectivity index (χ2v) is 9.88. The first kappa shape index (κ1) is 18.7. The summed E-state index contributed by atoms with van der Waals surface area (Å²) < 4.78 is 33.6. The standard InChI is InChI=1S/C20H27N3O3S/c1-14-5-4-6-19(9-14)27(24,25)23-11-17-7-8-18(23)12-22(10-17)13-20-15(2)21-26-16(20)3/h4-6,9,17-18H,7-8,10-13H2,1-3H3/t17-,18+/m0/s1. The predicted molar refractivity (Wildman–Crippen MR) is 103 cm³/mol. The second kappa shape index (κ2) is 7.04. The molecule has 6 nitrogen and oxygen atoms in total. The van der Waals surface area contributed by atoms with Crippen molar-refractivity contribution in [1.82, 2.24) is 14.4 Å². The highest BCUT2D eigenvalue weighted by Gasteiger charge is 2.41. The molecule has 0 unspecified atom stereocenters. The Morgan fingerprint density at radius 3 is 2.67 bits per heavy atom. The maximum absolute atomic E-state index is 13.3. The lowest BCUT2D eigenvalue weighted by Gasteiger charge is -2.35. The monoisotopic (exact) mass is 389 g/mol. The zero-order valence-electron chi connectivity index (χ0n) is 16.2. The van der Waals surface area contributed by atoms with Crippen LogP contribution in [0.25, 0.3) is 0 Å². The molecule has 146 valence electrons. The fourth-order valence-electron chi connectivity index (χ4n) is 4.42. The first-order chi connectivity index (χ1) is 12.8. The Hall–Kier alpha value is -1.70. The van der Waals surface area contributed by atoms with E-state index in [4.69, 9.17) is 4.52 Å². The normalized spacial score (nSPS) is 24.3. The van der Waals surface area contributed by atoms with Crippen LogP contribution in [-0.2, 0) is 16.6 Å². The molecule has 4 heterocycles. The average Bonchev–Trinajstić information content (AvgIpc) is 2.82. The summed E-state index contributed by atoms with van der Waals surface area (Å²) in [6.45, 7) is 8.89. The highest BCUT2D eigenvalue weighted by atomic mass is 32.2. The molecule has 0 radical (unpaired) electrons. The van der Waals surface area contributed by atoms with E-state index in [1.165, 1.54) is 0 Å². The van der Waals surface area contributed by atoms with Gasteiger partial charge in [0.15, 0.2) is 0 Å². The maximum Gasteiger partial charge on any atom is 0.243 e. The van der Waals surface area contributed by atoms with Crippen LogP contribution < -0.4 is 0 Å². The van der Waals surface area contributed by atoms with Gasteiger partial charge in [-0.2, -0.15) is 4.31 Å². The van der Waals surface area contributed by atoms with Crippen molar-refractivity contribution in [3.05, 3.63) is 46.8 Å². The van der Waals surface area contributed by atoms with E-state index in [0.717, 1.165) is 55.1 Å². The quantitative estimate of drug-likeness (QED) is 0.804. The number of sulfonamides is 1. The summed E-state index contributed by atoms with van der Waals surface area (Å²) in [6, 6.07) is 7.26. The third kappa shape index (κ3) is 3.56. The molecule has 27 heavy (non-hydrogen) atoms. The summed E-state index contributed by atoms with van der Waals surface area (Å²) in [4.78, 5) is 2.79. The Labute approximate surface area is 161 Å². The first-order valence-electron chi connectivity index (χ1n) is 9.57. The maximum atomic E-state index is 13.3. The minimum atomic E-state index is -3.46. The van der Waals surface area contributed by atoms with Gasteiger partial charge in [-0.3, -0.25) is 4.90 Å². The molecule has 2 atom stereocenters. The largest absolute Gasteiger partial charge is 0.361 e. The lowest BCUT2D eigenvalue weighted by Crippen LogP contribution is -2.47. The van der Waals surface area contributed by atoms with Gasteiger partial charge in [-0.25, -0.2) is 8.42 Å². The summed E-state index contributed by atoms with van der Waals surface area (Å²) in [5, 5.41) is 4.05.